The van der Waals surface area contributed by atoms with Crippen LogP contribution in [0.5, 0.6) is 0 Å². The first-order chi connectivity index (χ1) is 8.01. The highest BCUT2D eigenvalue weighted by atomic mass is 19.1. The summed E-state index contributed by atoms with van der Waals surface area (Å²) < 4.78 is 26.7. The van der Waals surface area contributed by atoms with Crippen LogP contribution in [0.3, 0.4) is 0 Å². The van der Waals surface area contributed by atoms with Crippen molar-refractivity contribution in [1.82, 2.24) is 0 Å². The van der Waals surface area contributed by atoms with Crippen LogP contribution in [0.4, 0.5) is 8.78 Å². The summed E-state index contributed by atoms with van der Waals surface area (Å²) in [6.45, 7) is 3.80. The van der Waals surface area contributed by atoms with Gasteiger partial charge in [0, 0.05) is 17.5 Å². The van der Waals surface area contributed by atoms with Crippen LogP contribution < -0.4 is 5.73 Å². The maximum Gasteiger partial charge on any atom is 0.131 e. The maximum absolute atomic E-state index is 13.6. The average molecular weight is 243 g/mol. The zero-order valence-electron chi connectivity index (χ0n) is 10.2. The highest BCUT2D eigenvalue weighted by Gasteiger charge is 2.22. The smallest absolute Gasteiger partial charge is 0.131 e. The monoisotopic (exact) mass is 243 g/mol. The third kappa shape index (κ3) is 3.23. The summed E-state index contributed by atoms with van der Waals surface area (Å²) >= 11 is 0. The fraction of sp³-hybridized carbons (Fsp3) is 0.538. The fourth-order valence-electron chi connectivity index (χ4n) is 1.94. The summed E-state index contributed by atoms with van der Waals surface area (Å²) in [5.74, 6) is -1.51. The number of hydrogen-bond acceptors (Lipinski definition) is 2. The van der Waals surface area contributed by atoms with Crippen molar-refractivity contribution in [1.29, 1.82) is 0 Å². The van der Waals surface area contributed by atoms with E-state index >= 15 is 0 Å². The van der Waals surface area contributed by atoms with Crippen molar-refractivity contribution >= 4 is 0 Å². The van der Waals surface area contributed by atoms with Crippen molar-refractivity contribution in [2.75, 3.05) is 6.54 Å². The normalized spacial score (nSPS) is 14.7. The van der Waals surface area contributed by atoms with E-state index in [4.69, 9.17) is 5.73 Å². The van der Waals surface area contributed by atoms with Crippen molar-refractivity contribution in [2.45, 2.75) is 32.8 Å². The molecule has 0 aliphatic rings. The van der Waals surface area contributed by atoms with E-state index in [1.807, 2.05) is 6.92 Å². The Bertz CT molecular complexity index is 382. The van der Waals surface area contributed by atoms with Crippen molar-refractivity contribution in [2.24, 2.45) is 11.7 Å². The number of halogens is 2. The van der Waals surface area contributed by atoms with Gasteiger partial charge < -0.3 is 10.8 Å². The minimum Gasteiger partial charge on any atom is -0.388 e. The third-order valence-electron chi connectivity index (χ3n) is 3.01. The molecule has 0 heterocycles. The molecular weight excluding hydrogens is 224 g/mol. The topological polar surface area (TPSA) is 46.2 Å². The number of benzene rings is 1. The molecule has 1 aromatic rings. The Morgan fingerprint density at radius 3 is 2.47 bits per heavy atom. The average Bonchev–Trinajstić information content (AvgIpc) is 2.30. The SMILES string of the molecule is CCCC(CN)C(O)c1cc(C)c(F)cc1F. The van der Waals surface area contributed by atoms with Gasteiger partial charge in [-0.25, -0.2) is 8.78 Å². The van der Waals surface area contributed by atoms with Crippen molar-refractivity contribution in [3.8, 4) is 0 Å². The lowest BCUT2D eigenvalue weighted by Gasteiger charge is -2.22. The molecular formula is C13H19F2NO. The molecule has 0 bridgehead atoms. The minimum absolute atomic E-state index is 0.132. The van der Waals surface area contributed by atoms with Gasteiger partial charge in [0.1, 0.15) is 11.6 Å². The molecule has 0 amide bonds. The second kappa shape index (κ2) is 6.07. The molecule has 0 fully saturated rings. The van der Waals surface area contributed by atoms with E-state index in [2.05, 4.69) is 0 Å². The second-order valence-corrected chi connectivity index (χ2v) is 4.35. The molecule has 2 unspecified atom stereocenters. The molecule has 1 rings (SSSR count). The Hall–Kier alpha value is -1.00. The van der Waals surface area contributed by atoms with Crippen LogP contribution in [0.25, 0.3) is 0 Å². The molecule has 0 spiro atoms. The Morgan fingerprint density at radius 2 is 1.94 bits per heavy atom. The minimum atomic E-state index is -0.973. The largest absolute Gasteiger partial charge is 0.388 e. The molecule has 17 heavy (non-hydrogen) atoms. The van der Waals surface area contributed by atoms with Crippen molar-refractivity contribution in [3.63, 3.8) is 0 Å². The van der Waals surface area contributed by atoms with Gasteiger partial charge in [0.15, 0.2) is 0 Å². The fourth-order valence-corrected chi connectivity index (χ4v) is 1.94. The first-order valence-corrected chi connectivity index (χ1v) is 5.84. The van der Waals surface area contributed by atoms with Crippen molar-refractivity contribution in [3.05, 3.63) is 34.9 Å². The maximum atomic E-state index is 13.6. The van der Waals surface area contributed by atoms with E-state index < -0.39 is 17.7 Å². The lowest BCUT2D eigenvalue weighted by atomic mass is 9.91. The number of aliphatic hydroxyl groups excluding tert-OH is 1. The zero-order valence-corrected chi connectivity index (χ0v) is 10.2. The van der Waals surface area contributed by atoms with Gasteiger partial charge in [0.2, 0.25) is 0 Å². The van der Waals surface area contributed by atoms with Crippen LogP contribution in [-0.4, -0.2) is 11.7 Å². The summed E-state index contributed by atoms with van der Waals surface area (Å²) in [6, 6.07) is 2.17. The van der Waals surface area contributed by atoms with Gasteiger partial charge in [-0.15, -0.1) is 0 Å². The van der Waals surface area contributed by atoms with Gasteiger partial charge in [0.25, 0.3) is 0 Å². The molecule has 96 valence electrons. The van der Waals surface area contributed by atoms with Gasteiger partial charge in [-0.1, -0.05) is 13.3 Å². The van der Waals surface area contributed by atoms with Gasteiger partial charge in [0.05, 0.1) is 6.10 Å². The van der Waals surface area contributed by atoms with Crippen LogP contribution in [0.15, 0.2) is 12.1 Å². The summed E-state index contributed by atoms with van der Waals surface area (Å²) in [4.78, 5) is 0. The molecule has 1 aromatic carbocycles. The molecule has 0 aliphatic carbocycles. The quantitative estimate of drug-likeness (QED) is 0.835. The third-order valence-corrected chi connectivity index (χ3v) is 3.01. The molecule has 0 saturated carbocycles. The van der Waals surface area contributed by atoms with Crippen molar-refractivity contribution < 1.29 is 13.9 Å². The highest BCUT2D eigenvalue weighted by Crippen LogP contribution is 2.28. The van der Waals surface area contributed by atoms with Crippen LogP contribution in [-0.2, 0) is 0 Å². The second-order valence-electron chi connectivity index (χ2n) is 4.35. The number of aliphatic hydroxyl groups is 1. The summed E-state index contributed by atoms with van der Waals surface area (Å²) in [5.41, 5.74) is 6.02. The Morgan fingerprint density at radius 1 is 1.29 bits per heavy atom. The first kappa shape index (κ1) is 14.1. The standard InChI is InChI=1S/C13H19F2NO/c1-3-4-9(7-16)13(17)10-5-8(2)11(14)6-12(10)15/h5-6,9,13,17H,3-4,7,16H2,1-2H3. The number of nitrogens with two attached hydrogens (primary N) is 1. The molecule has 0 aliphatic heterocycles. The van der Waals surface area contributed by atoms with Gasteiger partial charge in [-0.3, -0.25) is 0 Å². The van der Waals surface area contributed by atoms with Gasteiger partial charge in [-0.05, 0) is 31.5 Å². The van der Waals surface area contributed by atoms with Gasteiger partial charge in [-0.2, -0.15) is 0 Å². The number of rotatable bonds is 5. The van der Waals surface area contributed by atoms with E-state index in [0.29, 0.717) is 12.0 Å². The lowest BCUT2D eigenvalue weighted by molar-refractivity contribution is 0.103. The van der Waals surface area contributed by atoms with Crippen LogP contribution in [0.2, 0.25) is 0 Å². The van der Waals surface area contributed by atoms with E-state index in [9.17, 15) is 13.9 Å². The molecule has 3 N–H and O–H groups in total. The molecule has 0 saturated heterocycles. The van der Waals surface area contributed by atoms with E-state index in [1.54, 1.807) is 6.92 Å². The van der Waals surface area contributed by atoms with Crippen LogP contribution in [0.1, 0.15) is 37.0 Å². The number of hydrogen-bond donors (Lipinski definition) is 2. The summed E-state index contributed by atoms with van der Waals surface area (Å²) in [6.07, 6.45) is 0.605. The lowest BCUT2D eigenvalue weighted by Crippen LogP contribution is -2.22. The van der Waals surface area contributed by atoms with Gasteiger partial charge >= 0.3 is 0 Å². The Kier molecular flexibility index (Phi) is 5.02. The predicted octanol–water partition coefficient (Wildman–Crippen LogP) is 2.68. The van der Waals surface area contributed by atoms with E-state index in [-0.39, 0.29) is 18.0 Å². The number of aryl methyl sites for hydroxylation is 1. The molecule has 2 nitrogen and oxygen atoms in total. The first-order valence-electron chi connectivity index (χ1n) is 5.84. The van der Waals surface area contributed by atoms with E-state index in [0.717, 1.165) is 12.5 Å². The Labute approximate surface area is 100 Å². The van der Waals surface area contributed by atoms with E-state index in [1.165, 1.54) is 6.07 Å². The predicted molar refractivity (Wildman–Crippen MR) is 63.5 cm³/mol. The van der Waals surface area contributed by atoms with Crippen LogP contribution in [0, 0.1) is 24.5 Å². The Balaban J connectivity index is 3.02. The molecule has 4 heteroatoms. The molecule has 2 atom stereocenters. The summed E-state index contributed by atoms with van der Waals surface area (Å²) in [5, 5.41) is 10.1. The van der Waals surface area contributed by atoms with Crippen LogP contribution >= 0.6 is 0 Å². The zero-order chi connectivity index (χ0) is 13.0. The molecule has 0 aromatic heterocycles. The molecule has 0 radical (unpaired) electrons. The highest BCUT2D eigenvalue weighted by molar-refractivity contribution is 5.27. The summed E-state index contributed by atoms with van der Waals surface area (Å²) in [7, 11) is 0.